The van der Waals surface area contributed by atoms with Gasteiger partial charge in [-0.05, 0) is 34.8 Å². The molecule has 0 radical (unpaired) electrons. The fourth-order valence-electron chi connectivity index (χ4n) is 2.13. The molecule has 1 aliphatic rings. The Hall–Kier alpha value is -1.11. The molecule has 0 aliphatic heterocycles. The van der Waals surface area contributed by atoms with E-state index in [2.05, 4.69) is 37.9 Å². The average molecular weight is 187 g/mol. The highest BCUT2D eigenvalue weighted by Crippen LogP contribution is 2.29. The molecule has 0 bridgehead atoms. The highest BCUT2D eigenvalue weighted by atomic mass is 14.6. The molecule has 0 amide bonds. The van der Waals surface area contributed by atoms with E-state index in [0.717, 1.165) is 6.42 Å². The molecule has 0 aromatic carbocycles. The Morgan fingerprint density at radius 2 is 2.07 bits per heavy atom. The Morgan fingerprint density at radius 1 is 1.29 bits per heavy atom. The van der Waals surface area contributed by atoms with Crippen molar-refractivity contribution in [3.8, 4) is 0 Å². The van der Waals surface area contributed by atoms with Crippen LogP contribution in [0.2, 0.25) is 0 Å². The molecule has 1 heterocycles. The third kappa shape index (κ3) is 1.59. The first-order valence-corrected chi connectivity index (χ1v) is 5.23. The van der Waals surface area contributed by atoms with Gasteiger partial charge in [0.1, 0.15) is 0 Å². The van der Waals surface area contributed by atoms with Crippen LogP contribution in [0, 0.1) is 5.41 Å². The summed E-state index contributed by atoms with van der Waals surface area (Å²) < 4.78 is 0. The van der Waals surface area contributed by atoms with Gasteiger partial charge < -0.3 is 0 Å². The van der Waals surface area contributed by atoms with Gasteiger partial charge in [0.2, 0.25) is 0 Å². The van der Waals surface area contributed by atoms with Gasteiger partial charge in [0, 0.05) is 12.4 Å². The second-order valence-electron chi connectivity index (χ2n) is 4.93. The maximum Gasteiger partial charge on any atom is 0.0343 e. The van der Waals surface area contributed by atoms with E-state index in [1.165, 1.54) is 16.9 Å². The highest BCUT2D eigenvalue weighted by molar-refractivity contribution is 5.54. The Kier molecular flexibility index (Phi) is 2.18. The Bertz CT molecular complexity index is 449. The van der Waals surface area contributed by atoms with Gasteiger partial charge in [-0.2, -0.15) is 0 Å². The summed E-state index contributed by atoms with van der Waals surface area (Å²) in [6.07, 6.45) is 8.51. The van der Waals surface area contributed by atoms with Crippen LogP contribution in [0.1, 0.15) is 33.6 Å². The van der Waals surface area contributed by atoms with Crippen LogP contribution in [0.15, 0.2) is 18.5 Å². The Morgan fingerprint density at radius 3 is 2.79 bits per heavy atom. The van der Waals surface area contributed by atoms with Gasteiger partial charge in [0.25, 0.3) is 0 Å². The van der Waals surface area contributed by atoms with Crippen LogP contribution < -0.4 is 10.4 Å². The topological polar surface area (TPSA) is 12.9 Å². The van der Waals surface area contributed by atoms with E-state index in [1.54, 1.807) is 5.57 Å². The van der Waals surface area contributed by atoms with E-state index >= 15 is 0 Å². The zero-order chi connectivity index (χ0) is 10.2. The Balaban J connectivity index is 2.78. The highest BCUT2D eigenvalue weighted by Gasteiger charge is 2.18. The average Bonchev–Trinajstić information content (AvgIpc) is 2.15. The first-order chi connectivity index (χ1) is 6.59. The molecule has 2 rings (SSSR count). The first-order valence-electron chi connectivity index (χ1n) is 5.23. The van der Waals surface area contributed by atoms with E-state index in [0.29, 0.717) is 0 Å². The largest absolute Gasteiger partial charge is 0.264 e. The summed E-state index contributed by atoms with van der Waals surface area (Å²) in [7, 11) is 0. The lowest BCUT2D eigenvalue weighted by molar-refractivity contribution is 0.543. The van der Waals surface area contributed by atoms with Crippen molar-refractivity contribution in [1.29, 1.82) is 0 Å². The van der Waals surface area contributed by atoms with Crippen molar-refractivity contribution >= 4 is 11.6 Å². The summed E-state index contributed by atoms with van der Waals surface area (Å²) >= 11 is 0. The van der Waals surface area contributed by atoms with Crippen molar-refractivity contribution in [3.05, 3.63) is 28.9 Å². The summed E-state index contributed by atoms with van der Waals surface area (Å²) in [4.78, 5) is 4.17. The number of hydrogen-bond donors (Lipinski definition) is 0. The number of fused-ring (bicyclic) bond motifs is 1. The number of hydrogen-bond acceptors (Lipinski definition) is 1. The number of nitrogens with zero attached hydrogens (tertiary/aromatic N) is 1. The SMILES string of the molecule is CC(C)(C)C1=c2ccncc2=CCC1. The fraction of sp³-hybridized carbons (Fsp3) is 0.462. The molecule has 0 atom stereocenters. The second-order valence-corrected chi connectivity index (χ2v) is 4.93. The summed E-state index contributed by atoms with van der Waals surface area (Å²) in [5.74, 6) is 0. The van der Waals surface area contributed by atoms with E-state index in [-0.39, 0.29) is 5.41 Å². The molecule has 0 fully saturated rings. The predicted molar refractivity (Wildman–Crippen MR) is 60.0 cm³/mol. The third-order valence-corrected chi connectivity index (χ3v) is 2.84. The van der Waals surface area contributed by atoms with E-state index in [1.807, 2.05) is 12.4 Å². The lowest BCUT2D eigenvalue weighted by Crippen LogP contribution is -2.33. The van der Waals surface area contributed by atoms with Gasteiger partial charge in [-0.15, -0.1) is 0 Å². The van der Waals surface area contributed by atoms with Crippen molar-refractivity contribution < 1.29 is 0 Å². The molecular formula is C13H17N. The molecule has 14 heavy (non-hydrogen) atoms. The zero-order valence-corrected chi connectivity index (χ0v) is 9.17. The maximum absolute atomic E-state index is 4.17. The van der Waals surface area contributed by atoms with Crippen molar-refractivity contribution in [2.45, 2.75) is 33.6 Å². The maximum atomic E-state index is 4.17. The second kappa shape index (κ2) is 3.23. The molecule has 0 N–H and O–H groups in total. The van der Waals surface area contributed by atoms with Gasteiger partial charge in [-0.3, -0.25) is 4.98 Å². The summed E-state index contributed by atoms with van der Waals surface area (Å²) in [6, 6.07) is 2.14. The van der Waals surface area contributed by atoms with Gasteiger partial charge in [0.15, 0.2) is 0 Å². The third-order valence-electron chi connectivity index (χ3n) is 2.84. The van der Waals surface area contributed by atoms with E-state index < -0.39 is 0 Å². The number of pyridine rings is 1. The van der Waals surface area contributed by atoms with Gasteiger partial charge in [-0.1, -0.05) is 32.4 Å². The molecule has 0 saturated heterocycles. The van der Waals surface area contributed by atoms with Gasteiger partial charge >= 0.3 is 0 Å². The van der Waals surface area contributed by atoms with Crippen LogP contribution in [0.25, 0.3) is 11.6 Å². The zero-order valence-electron chi connectivity index (χ0n) is 9.17. The monoisotopic (exact) mass is 187 g/mol. The van der Waals surface area contributed by atoms with Crippen molar-refractivity contribution in [3.63, 3.8) is 0 Å². The molecule has 74 valence electrons. The van der Waals surface area contributed by atoms with Crippen LogP contribution >= 0.6 is 0 Å². The minimum Gasteiger partial charge on any atom is -0.264 e. The normalized spacial score (nSPS) is 16.1. The van der Waals surface area contributed by atoms with Crippen LogP contribution in [0.5, 0.6) is 0 Å². The van der Waals surface area contributed by atoms with Crippen LogP contribution in [-0.4, -0.2) is 4.98 Å². The number of rotatable bonds is 0. The quantitative estimate of drug-likeness (QED) is 0.604. The van der Waals surface area contributed by atoms with Crippen LogP contribution in [0.3, 0.4) is 0 Å². The van der Waals surface area contributed by atoms with E-state index in [4.69, 9.17) is 0 Å². The predicted octanol–water partition coefficient (Wildman–Crippen LogP) is 1.85. The summed E-state index contributed by atoms with van der Waals surface area (Å²) in [5, 5.41) is 2.71. The molecule has 1 heteroatoms. The fourth-order valence-corrected chi connectivity index (χ4v) is 2.13. The molecule has 0 spiro atoms. The molecule has 0 saturated carbocycles. The van der Waals surface area contributed by atoms with Crippen molar-refractivity contribution in [2.24, 2.45) is 5.41 Å². The lowest BCUT2D eigenvalue weighted by atomic mass is 9.80. The molecular weight excluding hydrogens is 170 g/mol. The smallest absolute Gasteiger partial charge is 0.0343 e. The molecule has 1 aromatic rings. The van der Waals surface area contributed by atoms with Gasteiger partial charge in [0.05, 0.1) is 0 Å². The molecule has 1 aromatic heterocycles. The van der Waals surface area contributed by atoms with Crippen LogP contribution in [0.4, 0.5) is 0 Å². The van der Waals surface area contributed by atoms with Crippen LogP contribution in [-0.2, 0) is 0 Å². The van der Waals surface area contributed by atoms with Gasteiger partial charge in [-0.25, -0.2) is 0 Å². The summed E-state index contributed by atoms with van der Waals surface area (Å²) in [6.45, 7) is 6.87. The molecule has 0 unspecified atom stereocenters. The Labute approximate surface area is 85.2 Å². The number of aromatic nitrogens is 1. The lowest BCUT2D eigenvalue weighted by Gasteiger charge is -2.25. The van der Waals surface area contributed by atoms with Crippen molar-refractivity contribution in [2.75, 3.05) is 0 Å². The van der Waals surface area contributed by atoms with Crippen molar-refractivity contribution in [1.82, 2.24) is 4.98 Å². The summed E-state index contributed by atoms with van der Waals surface area (Å²) in [5.41, 5.74) is 1.85. The standard InChI is InChI=1S/C13H17N/c1-13(2,3)12-6-4-5-10-9-14-8-7-11(10)12/h5,7-9H,4,6H2,1-3H3. The minimum absolute atomic E-state index is 0.282. The minimum atomic E-state index is 0.282. The molecule has 1 aliphatic carbocycles. The first kappa shape index (κ1) is 9.45. The van der Waals surface area contributed by atoms with E-state index in [9.17, 15) is 0 Å². The molecule has 1 nitrogen and oxygen atoms in total.